The van der Waals surface area contributed by atoms with Gasteiger partial charge in [-0.2, -0.15) is 0 Å². The van der Waals surface area contributed by atoms with E-state index in [0.717, 1.165) is 41.0 Å². The van der Waals surface area contributed by atoms with E-state index in [9.17, 15) is 0 Å². The Morgan fingerprint density at radius 3 is 2.64 bits per heavy atom. The van der Waals surface area contributed by atoms with Gasteiger partial charge in [-0.05, 0) is 31.0 Å². The molecule has 0 saturated carbocycles. The third kappa shape index (κ3) is 2.25. The summed E-state index contributed by atoms with van der Waals surface area (Å²) in [6.07, 6.45) is 2.55. The standard InChI is InChI=1S/C18H20N3O/c1-20(2)13-5-7-15-17(11-13)22-18-12-14(6-8-16(18)19-15)21-9-3-4-10-21/h5-8,11-12H,3-4,9-10H2,1-2H3/q+1. The summed E-state index contributed by atoms with van der Waals surface area (Å²) in [7, 11) is 4.06. The van der Waals surface area contributed by atoms with Crippen molar-refractivity contribution in [2.45, 2.75) is 12.8 Å². The van der Waals surface area contributed by atoms with E-state index in [1.165, 1.54) is 18.5 Å². The van der Waals surface area contributed by atoms with Crippen molar-refractivity contribution in [1.82, 2.24) is 9.56 Å². The van der Waals surface area contributed by atoms with Gasteiger partial charge in [0.15, 0.2) is 11.3 Å². The fraction of sp³-hybridized carbons (Fsp3) is 0.333. The van der Waals surface area contributed by atoms with Crippen LogP contribution in [0.5, 0.6) is 0 Å². The molecule has 2 aliphatic heterocycles. The Kier molecular flexibility index (Phi) is 3.10. The lowest BCUT2D eigenvalue weighted by Gasteiger charge is -2.17. The number of benzene rings is 2. The molecule has 0 spiro atoms. The highest BCUT2D eigenvalue weighted by Crippen LogP contribution is 2.28. The predicted octanol–water partition coefficient (Wildman–Crippen LogP) is 2.56. The van der Waals surface area contributed by atoms with Gasteiger partial charge in [0.05, 0.1) is 6.07 Å². The van der Waals surface area contributed by atoms with Gasteiger partial charge in [-0.1, -0.05) is 0 Å². The third-order valence-corrected chi connectivity index (χ3v) is 4.34. The molecule has 1 saturated heterocycles. The van der Waals surface area contributed by atoms with Crippen molar-refractivity contribution in [3.05, 3.63) is 41.8 Å². The van der Waals surface area contributed by atoms with E-state index in [2.05, 4.69) is 33.7 Å². The van der Waals surface area contributed by atoms with Crippen LogP contribution in [-0.2, 0) is 0 Å². The lowest BCUT2D eigenvalue weighted by molar-refractivity contribution is 0.610. The molecule has 3 aliphatic rings. The smallest absolute Gasteiger partial charge is 0.203 e. The Morgan fingerprint density at radius 2 is 1.86 bits per heavy atom. The summed E-state index contributed by atoms with van der Waals surface area (Å²) < 4.78 is 8.19. The first kappa shape index (κ1) is 13.3. The summed E-state index contributed by atoms with van der Waals surface area (Å²) in [5.74, 6) is 0.831. The molecular weight excluding hydrogens is 274 g/mol. The van der Waals surface area contributed by atoms with Crippen LogP contribution in [0.4, 0.5) is 5.69 Å². The van der Waals surface area contributed by atoms with E-state index < -0.39 is 0 Å². The molecule has 1 aromatic carbocycles. The summed E-state index contributed by atoms with van der Waals surface area (Å²) in [6.45, 7) is 2.27. The maximum atomic E-state index is 6.12. The molecule has 0 unspecified atom stereocenters. The molecule has 0 N–H and O–H groups in total. The van der Waals surface area contributed by atoms with Gasteiger partial charge in [0.2, 0.25) is 5.36 Å². The summed E-state index contributed by atoms with van der Waals surface area (Å²) in [5, 5.41) is 1.12. The zero-order valence-electron chi connectivity index (χ0n) is 13.0. The molecule has 0 atom stereocenters. The fourth-order valence-electron chi connectivity index (χ4n) is 3.05. The van der Waals surface area contributed by atoms with E-state index in [1.807, 2.05) is 26.2 Å². The van der Waals surface area contributed by atoms with Crippen LogP contribution in [0.2, 0.25) is 0 Å². The number of nitrogens with zero attached hydrogens (tertiary/aromatic N) is 3. The second kappa shape index (κ2) is 5.13. The highest BCUT2D eigenvalue weighted by Gasteiger charge is 2.15. The molecule has 1 fully saturated rings. The molecule has 2 heterocycles. The third-order valence-electron chi connectivity index (χ3n) is 4.34. The van der Waals surface area contributed by atoms with Crippen LogP contribution in [0, 0.1) is 0 Å². The second-order valence-electron chi connectivity index (χ2n) is 6.11. The Hall–Kier alpha value is -2.36. The van der Waals surface area contributed by atoms with Crippen LogP contribution in [0.15, 0.2) is 40.8 Å². The van der Waals surface area contributed by atoms with Crippen molar-refractivity contribution in [2.75, 3.05) is 32.1 Å². The lowest BCUT2D eigenvalue weighted by Crippen LogP contribution is -2.21. The number of fused-ring (bicyclic) bond motifs is 2. The molecule has 22 heavy (non-hydrogen) atoms. The quantitative estimate of drug-likeness (QED) is 0.511. The Bertz CT molecular complexity index is 871. The summed E-state index contributed by atoms with van der Waals surface area (Å²) >= 11 is 0. The molecule has 0 radical (unpaired) electrons. The zero-order chi connectivity index (χ0) is 15.1. The maximum Gasteiger partial charge on any atom is 0.203 e. The van der Waals surface area contributed by atoms with Gasteiger partial charge in [0.1, 0.15) is 25.3 Å². The predicted molar refractivity (Wildman–Crippen MR) is 89.2 cm³/mol. The largest absolute Gasteiger partial charge is 0.452 e. The second-order valence-corrected chi connectivity index (χ2v) is 6.11. The minimum absolute atomic E-state index is 0.831. The normalized spacial score (nSPS) is 14.9. The van der Waals surface area contributed by atoms with Crippen LogP contribution in [0.25, 0.3) is 22.6 Å². The van der Waals surface area contributed by atoms with Crippen LogP contribution in [-0.4, -0.2) is 32.2 Å². The maximum absolute atomic E-state index is 6.12. The van der Waals surface area contributed by atoms with E-state index in [4.69, 9.17) is 9.40 Å². The van der Waals surface area contributed by atoms with Crippen molar-refractivity contribution in [1.29, 1.82) is 0 Å². The molecule has 0 aromatic heterocycles. The molecule has 4 heteroatoms. The van der Waals surface area contributed by atoms with Gasteiger partial charge >= 0.3 is 0 Å². The molecule has 1 aromatic rings. The van der Waals surface area contributed by atoms with Crippen molar-refractivity contribution in [3.8, 4) is 11.5 Å². The topological polar surface area (TPSA) is 32.3 Å². The lowest BCUT2D eigenvalue weighted by atomic mass is 10.2. The van der Waals surface area contributed by atoms with Gasteiger partial charge in [-0.3, -0.25) is 0 Å². The number of hydrogen-bond acceptors (Lipinski definition) is 3. The Balaban J connectivity index is 1.90. The van der Waals surface area contributed by atoms with E-state index in [-0.39, 0.29) is 0 Å². The zero-order valence-corrected chi connectivity index (χ0v) is 13.0. The van der Waals surface area contributed by atoms with E-state index in [0.29, 0.717) is 0 Å². The average molecular weight is 294 g/mol. The molecule has 4 rings (SSSR count). The van der Waals surface area contributed by atoms with Crippen LogP contribution in [0.3, 0.4) is 0 Å². The summed E-state index contributed by atoms with van der Waals surface area (Å²) in [6, 6.07) is 12.5. The fourth-order valence-corrected chi connectivity index (χ4v) is 3.05. The summed E-state index contributed by atoms with van der Waals surface area (Å²) in [5.41, 5.74) is 3.89. The van der Waals surface area contributed by atoms with Gasteiger partial charge in [-0.25, -0.2) is 9.56 Å². The highest BCUT2D eigenvalue weighted by molar-refractivity contribution is 5.80. The Morgan fingerprint density at radius 1 is 1.05 bits per heavy atom. The molecule has 4 nitrogen and oxygen atoms in total. The molecule has 0 bridgehead atoms. The molecule has 0 amide bonds. The van der Waals surface area contributed by atoms with Crippen LogP contribution in [0.1, 0.15) is 12.8 Å². The first-order chi connectivity index (χ1) is 10.7. The number of rotatable bonds is 1. The highest BCUT2D eigenvalue weighted by atomic mass is 16.3. The Labute approximate surface area is 129 Å². The first-order valence-corrected chi connectivity index (χ1v) is 7.81. The monoisotopic (exact) mass is 294 g/mol. The van der Waals surface area contributed by atoms with Gasteiger partial charge in [0, 0.05) is 30.9 Å². The minimum Gasteiger partial charge on any atom is -0.452 e. The molecule has 1 aliphatic carbocycles. The van der Waals surface area contributed by atoms with Gasteiger partial charge in [-0.15, -0.1) is 0 Å². The van der Waals surface area contributed by atoms with E-state index in [1.54, 1.807) is 0 Å². The van der Waals surface area contributed by atoms with Crippen molar-refractivity contribution >= 4 is 16.8 Å². The SMILES string of the molecule is C[N+](C)=c1ccc2nc3ccc(N4CCCC4)cc3oc-2c1. The van der Waals surface area contributed by atoms with Gasteiger partial charge in [0.25, 0.3) is 0 Å². The van der Waals surface area contributed by atoms with Crippen molar-refractivity contribution in [2.24, 2.45) is 0 Å². The van der Waals surface area contributed by atoms with E-state index >= 15 is 0 Å². The summed E-state index contributed by atoms with van der Waals surface area (Å²) in [4.78, 5) is 7.13. The molecule has 112 valence electrons. The first-order valence-electron chi connectivity index (χ1n) is 7.81. The number of anilines is 1. The van der Waals surface area contributed by atoms with Crippen molar-refractivity contribution in [3.63, 3.8) is 0 Å². The minimum atomic E-state index is 0.831. The number of aromatic nitrogens is 1. The molecular formula is C18H20N3O+. The van der Waals surface area contributed by atoms with Crippen LogP contribution >= 0.6 is 0 Å². The average Bonchev–Trinajstić information content (AvgIpc) is 3.06. The van der Waals surface area contributed by atoms with Gasteiger partial charge < -0.3 is 9.32 Å². The van der Waals surface area contributed by atoms with Crippen LogP contribution < -0.4 is 14.8 Å². The number of hydrogen-bond donors (Lipinski definition) is 0. The van der Waals surface area contributed by atoms with Crippen molar-refractivity contribution < 1.29 is 4.42 Å².